The highest BCUT2D eigenvalue weighted by Gasteiger charge is 2.65. The zero-order chi connectivity index (χ0) is 23.1. The van der Waals surface area contributed by atoms with Crippen molar-refractivity contribution < 1.29 is 24.5 Å². The first-order valence-corrected chi connectivity index (χ1v) is 11.6. The Kier molecular flexibility index (Phi) is 7.14. The lowest BCUT2D eigenvalue weighted by atomic mass is 9.54. The third-order valence-electron chi connectivity index (χ3n) is 7.79. The normalized spacial score (nSPS) is 43.3. The number of methoxy groups -OCH3 is 1. The van der Waals surface area contributed by atoms with E-state index in [1.165, 1.54) is 12.7 Å². The fourth-order valence-electron chi connectivity index (χ4n) is 6.18. The number of amides is 1. The molecule has 6 heteroatoms. The molecule has 0 aromatic rings. The van der Waals surface area contributed by atoms with E-state index in [1.807, 2.05) is 13.0 Å². The molecule has 174 valence electrons. The number of ether oxygens (including phenoxy) is 1. The van der Waals surface area contributed by atoms with Crippen LogP contribution < -0.4 is 5.32 Å². The maximum atomic E-state index is 13.9. The van der Waals surface area contributed by atoms with Gasteiger partial charge in [-0.25, -0.2) is 0 Å². The van der Waals surface area contributed by atoms with Crippen LogP contribution in [0.1, 0.15) is 60.3 Å². The molecule has 3 aliphatic rings. The second-order valence-corrected chi connectivity index (χ2v) is 10.3. The lowest BCUT2D eigenvalue weighted by molar-refractivity contribution is -0.149. The Labute approximate surface area is 186 Å². The van der Waals surface area contributed by atoms with Gasteiger partial charge in [-0.15, -0.1) is 0 Å². The molecule has 0 aromatic heterocycles. The van der Waals surface area contributed by atoms with Crippen LogP contribution in [0.15, 0.2) is 23.3 Å². The summed E-state index contributed by atoms with van der Waals surface area (Å²) < 4.78 is 5.37. The van der Waals surface area contributed by atoms with Crippen molar-refractivity contribution in [2.24, 2.45) is 29.1 Å². The Bertz CT molecular complexity index is 772. The van der Waals surface area contributed by atoms with E-state index in [1.54, 1.807) is 0 Å². The van der Waals surface area contributed by atoms with Gasteiger partial charge in [0.2, 0.25) is 5.91 Å². The van der Waals surface area contributed by atoms with E-state index in [-0.39, 0.29) is 41.9 Å². The van der Waals surface area contributed by atoms with Crippen LogP contribution in [0.25, 0.3) is 0 Å². The van der Waals surface area contributed by atoms with Gasteiger partial charge in [0.05, 0.1) is 12.2 Å². The minimum absolute atomic E-state index is 0.0719. The van der Waals surface area contributed by atoms with Crippen molar-refractivity contribution in [3.05, 3.63) is 23.3 Å². The zero-order valence-electron chi connectivity index (χ0n) is 19.7. The number of carbonyl (C=O) groups is 2. The summed E-state index contributed by atoms with van der Waals surface area (Å²) in [5.41, 5.74) is 0.979. The maximum Gasteiger partial charge on any atom is 0.235 e. The highest BCUT2D eigenvalue weighted by Crippen LogP contribution is 2.55. The van der Waals surface area contributed by atoms with Gasteiger partial charge in [0.1, 0.15) is 11.5 Å². The molecule has 1 fully saturated rings. The fourth-order valence-corrected chi connectivity index (χ4v) is 6.18. The predicted octanol–water partition coefficient (Wildman–Crippen LogP) is 2.78. The number of nitrogens with one attached hydrogen (secondary N) is 1. The summed E-state index contributed by atoms with van der Waals surface area (Å²) in [5, 5.41) is 24.6. The Morgan fingerprint density at radius 3 is 2.48 bits per heavy atom. The lowest BCUT2D eigenvalue weighted by Gasteiger charge is -2.45. The molecule has 1 spiro atoms. The molecule has 0 aromatic carbocycles. The minimum atomic E-state index is -1.24. The monoisotopic (exact) mass is 433 g/mol. The molecular weight excluding hydrogens is 394 g/mol. The van der Waals surface area contributed by atoms with Gasteiger partial charge in [0.15, 0.2) is 5.78 Å². The van der Waals surface area contributed by atoms with Gasteiger partial charge in [0.25, 0.3) is 0 Å². The summed E-state index contributed by atoms with van der Waals surface area (Å²) in [4.78, 5) is 27.6. The highest BCUT2D eigenvalue weighted by molar-refractivity contribution is 6.09. The molecule has 8 atom stereocenters. The third-order valence-corrected chi connectivity index (χ3v) is 7.79. The maximum absolute atomic E-state index is 13.9. The lowest BCUT2D eigenvalue weighted by Crippen LogP contribution is -2.54. The van der Waals surface area contributed by atoms with Gasteiger partial charge in [-0.3, -0.25) is 9.59 Å². The summed E-state index contributed by atoms with van der Waals surface area (Å²) in [6, 6.07) is -0.0858. The molecule has 3 rings (SSSR count). The van der Waals surface area contributed by atoms with Gasteiger partial charge in [-0.1, -0.05) is 44.1 Å². The van der Waals surface area contributed by atoms with Crippen molar-refractivity contribution in [2.75, 3.05) is 7.11 Å². The van der Waals surface area contributed by atoms with Crippen LogP contribution in [-0.4, -0.2) is 53.4 Å². The molecule has 6 nitrogen and oxygen atoms in total. The Hall–Kier alpha value is -1.50. The molecule has 0 bridgehead atoms. The van der Waals surface area contributed by atoms with E-state index in [0.717, 1.165) is 12.0 Å². The van der Waals surface area contributed by atoms with Crippen molar-refractivity contribution in [2.45, 2.75) is 84.7 Å². The molecule has 2 aliphatic carbocycles. The average molecular weight is 434 g/mol. The Balaban J connectivity index is 2.17. The number of rotatable bonds is 3. The van der Waals surface area contributed by atoms with Gasteiger partial charge in [-0.05, 0) is 44.9 Å². The number of carbonyl (C=O) groups excluding carboxylic acids is 2. The van der Waals surface area contributed by atoms with Crippen LogP contribution in [0.2, 0.25) is 0 Å². The molecule has 3 unspecified atom stereocenters. The van der Waals surface area contributed by atoms with E-state index in [0.29, 0.717) is 18.8 Å². The van der Waals surface area contributed by atoms with Crippen LogP contribution in [0.5, 0.6) is 0 Å². The summed E-state index contributed by atoms with van der Waals surface area (Å²) >= 11 is 0. The smallest absolute Gasteiger partial charge is 0.235 e. The molecule has 0 radical (unpaired) electrons. The van der Waals surface area contributed by atoms with Gasteiger partial charge >= 0.3 is 0 Å². The predicted molar refractivity (Wildman–Crippen MR) is 119 cm³/mol. The van der Waals surface area contributed by atoms with Crippen LogP contribution in [-0.2, 0) is 14.3 Å². The SMILES string of the molecule is COC1C(O)CC/C(C)=C/[C@H]2C=C(C)[C@H](C)[C@H]3[C@H](CC(C)C)NC(=O)[C@]32C(=O)CC1O. The van der Waals surface area contributed by atoms with Crippen molar-refractivity contribution in [1.82, 2.24) is 5.32 Å². The molecule has 31 heavy (non-hydrogen) atoms. The fraction of sp³-hybridized carbons (Fsp3) is 0.760. The van der Waals surface area contributed by atoms with Crippen molar-refractivity contribution in [3.63, 3.8) is 0 Å². The number of allylic oxidation sites excluding steroid dienone is 4. The molecule has 1 saturated heterocycles. The molecule has 0 saturated carbocycles. The quantitative estimate of drug-likeness (QED) is 0.470. The first-order chi connectivity index (χ1) is 14.5. The van der Waals surface area contributed by atoms with Crippen molar-refractivity contribution in [1.29, 1.82) is 0 Å². The van der Waals surface area contributed by atoms with Gasteiger partial charge in [-0.2, -0.15) is 0 Å². The molecule has 1 amide bonds. The van der Waals surface area contributed by atoms with Crippen molar-refractivity contribution >= 4 is 11.7 Å². The van der Waals surface area contributed by atoms with Crippen molar-refractivity contribution in [3.8, 4) is 0 Å². The molecular formula is C25H39NO5. The van der Waals surface area contributed by atoms with Gasteiger partial charge in [0, 0.05) is 31.4 Å². The first kappa shape index (κ1) is 24.1. The minimum Gasteiger partial charge on any atom is -0.390 e. The Morgan fingerprint density at radius 1 is 1.19 bits per heavy atom. The third kappa shape index (κ3) is 4.14. The number of hydrogen-bond acceptors (Lipinski definition) is 5. The highest BCUT2D eigenvalue weighted by atomic mass is 16.5. The molecule has 1 heterocycles. The second kappa shape index (κ2) is 9.16. The number of hydrogen-bond donors (Lipinski definition) is 3. The summed E-state index contributed by atoms with van der Waals surface area (Å²) in [6.45, 7) is 10.4. The topological polar surface area (TPSA) is 95.9 Å². The average Bonchev–Trinajstić information content (AvgIpc) is 2.96. The summed E-state index contributed by atoms with van der Waals surface area (Å²) in [7, 11) is 1.43. The van der Waals surface area contributed by atoms with E-state index in [9.17, 15) is 19.8 Å². The second-order valence-electron chi connectivity index (χ2n) is 10.3. The number of aliphatic hydroxyl groups is 2. The van der Waals surface area contributed by atoms with E-state index < -0.39 is 23.7 Å². The number of aliphatic hydroxyl groups excluding tert-OH is 2. The largest absolute Gasteiger partial charge is 0.390 e. The number of Topliss-reactive ketones (excluding diaryl/α,β-unsaturated/α-hetero) is 1. The van der Waals surface area contributed by atoms with E-state index >= 15 is 0 Å². The summed E-state index contributed by atoms with van der Waals surface area (Å²) in [5.74, 6) is -0.559. The van der Waals surface area contributed by atoms with Crippen LogP contribution in [0.3, 0.4) is 0 Å². The first-order valence-electron chi connectivity index (χ1n) is 11.6. The van der Waals surface area contributed by atoms with E-state index in [2.05, 4.69) is 39.1 Å². The zero-order valence-corrected chi connectivity index (χ0v) is 19.7. The Morgan fingerprint density at radius 2 is 1.87 bits per heavy atom. The van der Waals surface area contributed by atoms with Crippen LogP contribution in [0, 0.1) is 29.1 Å². The van der Waals surface area contributed by atoms with Gasteiger partial charge < -0.3 is 20.3 Å². The van der Waals surface area contributed by atoms with Crippen LogP contribution >= 0.6 is 0 Å². The summed E-state index contributed by atoms with van der Waals surface area (Å²) in [6.07, 6.45) is 2.84. The number of ketones is 1. The van der Waals surface area contributed by atoms with E-state index in [4.69, 9.17) is 4.74 Å². The van der Waals surface area contributed by atoms with Crippen LogP contribution in [0.4, 0.5) is 0 Å². The molecule has 3 N–H and O–H groups in total. The standard InChI is InChI=1S/C25H39NO5/c1-13(2)9-18-22-16(5)15(4)11-17-10-14(3)7-8-19(27)23(31-6)20(28)12-21(29)25(17,22)24(30)26-18/h10-11,13,16-20,22-23,27-28H,7-9,12H2,1-6H3,(H,26,30)/b14-10+/t16-,17-,18-,19?,20?,22-,23?,25+/m0/s1. The molecule has 1 aliphatic heterocycles.